The monoisotopic (exact) mass is 276 g/mol. The lowest BCUT2D eigenvalue weighted by Gasteiger charge is -2.31. The second kappa shape index (κ2) is 5.63. The maximum Gasteiger partial charge on any atom is 0.335 e. The zero-order valence-electron chi connectivity index (χ0n) is 11.8. The van der Waals surface area contributed by atoms with Crippen molar-refractivity contribution in [2.24, 2.45) is 11.3 Å². The summed E-state index contributed by atoms with van der Waals surface area (Å²) in [5, 5.41) is 15.0. The minimum absolute atomic E-state index is 0.000532. The number of amides is 1. The summed E-state index contributed by atoms with van der Waals surface area (Å²) in [5.74, 6) is -0.724. The van der Waals surface area contributed by atoms with Gasteiger partial charge in [0.15, 0.2) is 0 Å². The van der Waals surface area contributed by atoms with Crippen LogP contribution in [0.1, 0.15) is 30.6 Å². The van der Waals surface area contributed by atoms with Gasteiger partial charge in [-0.2, -0.15) is 0 Å². The molecule has 0 spiro atoms. The normalized spacial score (nSPS) is 21.9. The molecule has 108 valence electrons. The molecule has 1 saturated heterocycles. The number of nitrogens with one attached hydrogen (secondary N) is 2. The van der Waals surface area contributed by atoms with Crippen LogP contribution in [0.5, 0.6) is 0 Å². The predicted octanol–water partition coefficient (Wildman–Crippen LogP) is 1.96. The Balaban J connectivity index is 2.12. The number of hydrogen-bond acceptors (Lipinski definition) is 3. The third-order valence-electron chi connectivity index (χ3n) is 4.14. The van der Waals surface area contributed by atoms with Gasteiger partial charge in [-0.25, -0.2) is 4.79 Å². The van der Waals surface area contributed by atoms with Gasteiger partial charge in [0.2, 0.25) is 5.91 Å². The number of anilines is 1. The van der Waals surface area contributed by atoms with E-state index < -0.39 is 5.97 Å². The highest BCUT2D eigenvalue weighted by Gasteiger charge is 2.43. The largest absolute Gasteiger partial charge is 0.478 e. The molecule has 1 unspecified atom stereocenters. The fourth-order valence-corrected chi connectivity index (χ4v) is 2.61. The van der Waals surface area contributed by atoms with Crippen molar-refractivity contribution < 1.29 is 14.7 Å². The number of carboxylic acids is 1. The van der Waals surface area contributed by atoms with Crippen molar-refractivity contribution in [3.63, 3.8) is 0 Å². The quantitative estimate of drug-likeness (QED) is 0.785. The van der Waals surface area contributed by atoms with Crippen LogP contribution < -0.4 is 10.6 Å². The van der Waals surface area contributed by atoms with Crippen molar-refractivity contribution in [2.45, 2.75) is 20.3 Å². The van der Waals surface area contributed by atoms with E-state index in [0.717, 1.165) is 13.0 Å². The minimum atomic E-state index is -0.971. The van der Waals surface area contributed by atoms with E-state index in [1.54, 1.807) is 12.1 Å². The highest BCUT2D eigenvalue weighted by molar-refractivity contribution is 5.96. The van der Waals surface area contributed by atoms with Crippen LogP contribution in [0.15, 0.2) is 24.3 Å². The Kier molecular flexibility index (Phi) is 4.09. The van der Waals surface area contributed by atoms with Gasteiger partial charge in [-0.05, 0) is 43.1 Å². The number of carbonyl (C=O) groups is 2. The second-order valence-corrected chi connectivity index (χ2v) is 5.57. The third kappa shape index (κ3) is 2.67. The molecule has 20 heavy (non-hydrogen) atoms. The van der Waals surface area contributed by atoms with E-state index in [-0.39, 0.29) is 22.8 Å². The number of rotatable bonds is 4. The number of carbonyl (C=O) groups excluding carboxylic acids is 1. The first-order valence-corrected chi connectivity index (χ1v) is 6.81. The van der Waals surface area contributed by atoms with E-state index in [0.29, 0.717) is 12.2 Å². The molecule has 1 heterocycles. The summed E-state index contributed by atoms with van der Waals surface area (Å²) in [7, 11) is 0. The lowest BCUT2D eigenvalue weighted by molar-refractivity contribution is -0.126. The Hall–Kier alpha value is -1.88. The van der Waals surface area contributed by atoms with E-state index in [1.165, 1.54) is 12.1 Å². The van der Waals surface area contributed by atoms with Crippen molar-refractivity contribution in [3.8, 4) is 0 Å². The lowest BCUT2D eigenvalue weighted by Crippen LogP contribution is -2.42. The van der Waals surface area contributed by atoms with Gasteiger partial charge in [-0.1, -0.05) is 13.8 Å². The molecule has 1 fully saturated rings. The third-order valence-corrected chi connectivity index (χ3v) is 4.14. The maximum atomic E-state index is 12.5. The molecular formula is C15H20N2O3. The SMILES string of the molecule is CC(C)C1(C(=O)Nc2ccc(C(=O)O)cc2)CCNC1. The van der Waals surface area contributed by atoms with Crippen LogP contribution in [0.25, 0.3) is 0 Å². The Morgan fingerprint density at radius 2 is 1.95 bits per heavy atom. The van der Waals surface area contributed by atoms with E-state index in [9.17, 15) is 9.59 Å². The van der Waals surface area contributed by atoms with Gasteiger partial charge >= 0.3 is 5.97 Å². The molecule has 2 rings (SSSR count). The Bertz CT molecular complexity index is 502. The molecule has 0 saturated carbocycles. The molecule has 3 N–H and O–H groups in total. The highest BCUT2D eigenvalue weighted by Crippen LogP contribution is 2.35. The summed E-state index contributed by atoms with van der Waals surface area (Å²) in [5.41, 5.74) is 0.460. The number of carboxylic acid groups (broad SMARTS) is 1. The van der Waals surface area contributed by atoms with Gasteiger partial charge < -0.3 is 15.7 Å². The molecule has 1 aromatic carbocycles. The molecule has 0 radical (unpaired) electrons. The van der Waals surface area contributed by atoms with Crippen LogP contribution >= 0.6 is 0 Å². The fraction of sp³-hybridized carbons (Fsp3) is 0.467. The van der Waals surface area contributed by atoms with Crippen molar-refractivity contribution >= 4 is 17.6 Å². The fourth-order valence-electron chi connectivity index (χ4n) is 2.61. The first-order valence-electron chi connectivity index (χ1n) is 6.81. The van der Waals surface area contributed by atoms with Crippen LogP contribution in [0.4, 0.5) is 5.69 Å². The summed E-state index contributed by atoms with van der Waals surface area (Å²) < 4.78 is 0. The van der Waals surface area contributed by atoms with Crippen molar-refractivity contribution in [1.82, 2.24) is 5.32 Å². The summed E-state index contributed by atoms with van der Waals surface area (Å²) in [6, 6.07) is 6.23. The van der Waals surface area contributed by atoms with Gasteiger partial charge in [0.25, 0.3) is 0 Å². The average molecular weight is 276 g/mol. The van der Waals surface area contributed by atoms with Gasteiger partial charge in [-0.3, -0.25) is 4.79 Å². The first kappa shape index (κ1) is 14.5. The Morgan fingerprint density at radius 1 is 1.30 bits per heavy atom. The highest BCUT2D eigenvalue weighted by atomic mass is 16.4. The molecule has 1 amide bonds. The number of hydrogen-bond donors (Lipinski definition) is 3. The van der Waals surface area contributed by atoms with Gasteiger partial charge in [0, 0.05) is 12.2 Å². The van der Waals surface area contributed by atoms with Crippen LogP contribution in [0, 0.1) is 11.3 Å². The molecule has 0 aromatic heterocycles. The standard InChI is InChI=1S/C15H20N2O3/c1-10(2)15(7-8-16-9-15)14(20)17-12-5-3-11(4-6-12)13(18)19/h3-6,10,16H,7-9H2,1-2H3,(H,17,20)(H,18,19). The molecule has 5 heteroatoms. The number of aromatic carboxylic acids is 1. The van der Waals surface area contributed by atoms with Crippen LogP contribution in [-0.4, -0.2) is 30.1 Å². The summed E-state index contributed by atoms with van der Waals surface area (Å²) in [4.78, 5) is 23.3. The zero-order valence-corrected chi connectivity index (χ0v) is 11.8. The predicted molar refractivity (Wildman–Crippen MR) is 76.8 cm³/mol. The second-order valence-electron chi connectivity index (χ2n) is 5.57. The van der Waals surface area contributed by atoms with Crippen LogP contribution in [0.3, 0.4) is 0 Å². The molecule has 1 aliphatic heterocycles. The summed E-state index contributed by atoms with van der Waals surface area (Å²) >= 11 is 0. The molecule has 0 aliphatic carbocycles. The van der Waals surface area contributed by atoms with Crippen molar-refractivity contribution in [2.75, 3.05) is 18.4 Å². The van der Waals surface area contributed by atoms with E-state index in [1.807, 2.05) is 0 Å². The van der Waals surface area contributed by atoms with Crippen molar-refractivity contribution in [3.05, 3.63) is 29.8 Å². The molecule has 0 bridgehead atoms. The number of benzene rings is 1. The Morgan fingerprint density at radius 3 is 2.40 bits per heavy atom. The van der Waals surface area contributed by atoms with Gasteiger partial charge in [0.05, 0.1) is 11.0 Å². The molecule has 1 aromatic rings. The molecular weight excluding hydrogens is 256 g/mol. The first-order chi connectivity index (χ1) is 9.45. The smallest absolute Gasteiger partial charge is 0.335 e. The topological polar surface area (TPSA) is 78.4 Å². The van der Waals surface area contributed by atoms with Crippen LogP contribution in [-0.2, 0) is 4.79 Å². The maximum absolute atomic E-state index is 12.5. The van der Waals surface area contributed by atoms with Crippen molar-refractivity contribution in [1.29, 1.82) is 0 Å². The van der Waals surface area contributed by atoms with E-state index in [2.05, 4.69) is 24.5 Å². The molecule has 5 nitrogen and oxygen atoms in total. The Labute approximate surface area is 118 Å². The van der Waals surface area contributed by atoms with Gasteiger partial charge in [0.1, 0.15) is 0 Å². The zero-order chi connectivity index (χ0) is 14.8. The average Bonchev–Trinajstić information content (AvgIpc) is 2.90. The summed E-state index contributed by atoms with van der Waals surface area (Å²) in [6.45, 7) is 5.65. The van der Waals surface area contributed by atoms with Gasteiger partial charge in [-0.15, -0.1) is 0 Å². The van der Waals surface area contributed by atoms with E-state index >= 15 is 0 Å². The van der Waals surface area contributed by atoms with E-state index in [4.69, 9.17) is 5.11 Å². The van der Waals surface area contributed by atoms with Crippen LogP contribution in [0.2, 0.25) is 0 Å². The summed E-state index contributed by atoms with van der Waals surface area (Å²) in [6.07, 6.45) is 0.823. The molecule has 1 aliphatic rings. The lowest BCUT2D eigenvalue weighted by atomic mass is 9.75. The molecule has 1 atom stereocenters. The minimum Gasteiger partial charge on any atom is -0.478 e.